The highest BCUT2D eigenvalue weighted by Crippen LogP contribution is 2.61. The van der Waals surface area contributed by atoms with Gasteiger partial charge in [-0.05, 0) is 191 Å². The van der Waals surface area contributed by atoms with Crippen LogP contribution in [-0.4, -0.2) is 8.07 Å². The fourth-order valence-electron chi connectivity index (χ4n) is 17.9. The van der Waals surface area contributed by atoms with E-state index in [1.807, 2.05) is 0 Å². The van der Waals surface area contributed by atoms with E-state index in [9.17, 15) is 0 Å². The molecule has 2 aliphatic rings. The summed E-state index contributed by atoms with van der Waals surface area (Å²) < 4.78 is 14.5. The number of benzene rings is 16. The van der Waals surface area contributed by atoms with Crippen LogP contribution < -0.4 is 30.5 Å². The van der Waals surface area contributed by atoms with Crippen molar-refractivity contribution in [1.29, 1.82) is 0 Å². The number of furan rings is 2. The van der Waals surface area contributed by atoms with Gasteiger partial charge in [-0.3, -0.25) is 0 Å². The molecule has 0 atom stereocenters. The van der Waals surface area contributed by atoms with E-state index in [2.05, 4.69) is 363 Å². The first-order valence-electron chi connectivity index (χ1n) is 36.0. The molecule has 2 aromatic heterocycles. The maximum absolute atomic E-state index is 7.36. The molecule has 2 heterocycles. The SMILES string of the molecule is Cc1cccc(-c2ccc3oc4c(N(c5ccc6c(c5)C5(CCCCC5)c5cc(N(c7ccc8ccccc8c7)c7cccc8c7oc7ccc(-c9cccc([Si](c%10ccccc%10)(c%10ccccc%10)c%10ccccc%10)c9)cc78)c7ccccc7c5-6)c5ccc6ccccc6c5)cccc4c3c2)c1. The van der Waals surface area contributed by atoms with Gasteiger partial charge in [-0.2, -0.15) is 0 Å². The maximum atomic E-state index is 7.36. The summed E-state index contributed by atoms with van der Waals surface area (Å²) in [5.74, 6) is 0. The highest BCUT2D eigenvalue weighted by atomic mass is 28.3. The van der Waals surface area contributed by atoms with E-state index < -0.39 is 8.07 Å². The largest absolute Gasteiger partial charge is 0.454 e. The number of hydrogen-bond donors (Lipinski definition) is 0. The predicted molar refractivity (Wildman–Crippen MR) is 431 cm³/mol. The lowest BCUT2D eigenvalue weighted by Gasteiger charge is -2.37. The number of fused-ring (bicyclic) bond motifs is 15. The minimum absolute atomic E-state index is 0.274. The van der Waals surface area contributed by atoms with Crippen LogP contribution in [0.25, 0.3) is 110 Å². The fourth-order valence-corrected chi connectivity index (χ4v) is 22.7. The van der Waals surface area contributed by atoms with Gasteiger partial charge in [-0.1, -0.05) is 292 Å². The number of anilines is 6. The Morgan fingerprint density at radius 3 is 1.34 bits per heavy atom. The minimum atomic E-state index is -2.80. The summed E-state index contributed by atoms with van der Waals surface area (Å²) in [5, 5.41) is 16.9. The van der Waals surface area contributed by atoms with E-state index >= 15 is 0 Å². The third-order valence-corrected chi connectivity index (χ3v) is 27.3. The van der Waals surface area contributed by atoms with Gasteiger partial charge in [0, 0.05) is 49.4 Å². The highest BCUT2D eigenvalue weighted by molar-refractivity contribution is 7.20. The van der Waals surface area contributed by atoms with Crippen molar-refractivity contribution in [2.45, 2.75) is 44.4 Å². The Kier molecular flexibility index (Phi) is 14.0. The lowest BCUT2D eigenvalue weighted by Crippen LogP contribution is -2.74. The van der Waals surface area contributed by atoms with Crippen molar-refractivity contribution in [3.05, 3.63) is 362 Å². The summed E-state index contributed by atoms with van der Waals surface area (Å²) in [6, 6.07) is 129. The lowest BCUT2D eigenvalue weighted by atomic mass is 9.67. The summed E-state index contributed by atoms with van der Waals surface area (Å²) >= 11 is 0. The normalized spacial score (nSPS) is 13.4. The number of para-hydroxylation sites is 2. The molecule has 1 saturated carbocycles. The summed E-state index contributed by atoms with van der Waals surface area (Å²) in [5.41, 5.74) is 20.9. The third-order valence-electron chi connectivity index (χ3n) is 22.5. The zero-order valence-electron chi connectivity index (χ0n) is 56.7. The number of aryl methyl sites for hydroxylation is 1. The fraction of sp³-hybridized carbons (Fsp3) is 0.0722. The van der Waals surface area contributed by atoms with Gasteiger partial charge in [0.15, 0.2) is 19.2 Å². The second-order valence-corrected chi connectivity index (χ2v) is 32.0. The predicted octanol–water partition coefficient (Wildman–Crippen LogP) is 24.1. The second kappa shape index (κ2) is 24.0. The molecular weight excluding hydrogens is 1250 g/mol. The van der Waals surface area contributed by atoms with Crippen molar-refractivity contribution in [3.63, 3.8) is 0 Å². The Hall–Kier alpha value is -12.3. The zero-order chi connectivity index (χ0) is 67.5. The molecule has 2 aliphatic carbocycles. The number of hydrogen-bond acceptors (Lipinski definition) is 4. The molecule has 1 fully saturated rings. The summed E-state index contributed by atoms with van der Waals surface area (Å²) in [6.07, 6.45) is 5.56. The van der Waals surface area contributed by atoms with Gasteiger partial charge in [0.25, 0.3) is 0 Å². The molecule has 484 valence electrons. The standard InChI is InChI=1S/C97H70N2O2Si/c1-64-24-20-29-67(56-64)71-46-52-92-85(60-71)82-40-22-42-89(95(82)100-92)98(73-48-44-65-25-12-14-27-68(65)57-73)75-50-51-84-87(62-75)97(54-18-5-19-55-97)88-63-91(80-38-16-17-39-81(80)94(84)88)99(74-49-45-66-26-13-15-28-69(66)58-74)90-43-23-41-83-86-61-72(47-53-93(86)101-96(83)90)70-30-21-37-79(59-70)102(76-31-6-2-7-32-76,77-33-8-3-9-34-77)78-35-10-4-11-36-78/h2-4,6-17,20-53,56-63H,5,18-19,54-55H2,1H3. The molecule has 0 aliphatic heterocycles. The average Bonchev–Trinajstić information content (AvgIpc) is 1.44. The van der Waals surface area contributed by atoms with Gasteiger partial charge in [0.05, 0.1) is 17.1 Å². The summed E-state index contributed by atoms with van der Waals surface area (Å²) in [6.45, 7) is 2.16. The van der Waals surface area contributed by atoms with E-state index in [4.69, 9.17) is 8.83 Å². The van der Waals surface area contributed by atoms with Crippen LogP contribution in [0.3, 0.4) is 0 Å². The minimum Gasteiger partial charge on any atom is -0.454 e. The van der Waals surface area contributed by atoms with E-state index in [-0.39, 0.29) is 5.41 Å². The van der Waals surface area contributed by atoms with Crippen molar-refractivity contribution in [2.75, 3.05) is 9.80 Å². The second-order valence-electron chi connectivity index (χ2n) is 28.2. The molecule has 0 amide bonds. The van der Waals surface area contributed by atoms with Gasteiger partial charge >= 0.3 is 0 Å². The first kappa shape index (κ1) is 59.7. The van der Waals surface area contributed by atoms with Crippen LogP contribution in [0.2, 0.25) is 0 Å². The van der Waals surface area contributed by atoms with Gasteiger partial charge in [-0.15, -0.1) is 0 Å². The molecule has 0 bridgehead atoms. The van der Waals surface area contributed by atoms with Crippen LogP contribution in [0.15, 0.2) is 355 Å². The Balaban J connectivity index is 0.758. The Bertz CT molecular complexity index is 6250. The molecule has 5 heteroatoms. The van der Waals surface area contributed by atoms with Crippen molar-refractivity contribution in [1.82, 2.24) is 0 Å². The molecule has 18 aromatic rings. The van der Waals surface area contributed by atoms with Crippen LogP contribution in [0.1, 0.15) is 48.8 Å². The molecule has 102 heavy (non-hydrogen) atoms. The maximum Gasteiger partial charge on any atom is 0.179 e. The molecule has 20 rings (SSSR count). The van der Waals surface area contributed by atoms with E-state index in [1.165, 1.54) is 104 Å². The van der Waals surface area contributed by atoms with Crippen LogP contribution in [0, 0.1) is 6.92 Å². The zero-order valence-corrected chi connectivity index (χ0v) is 57.7. The van der Waals surface area contributed by atoms with Crippen molar-refractivity contribution in [3.8, 4) is 33.4 Å². The molecule has 0 radical (unpaired) electrons. The topological polar surface area (TPSA) is 32.8 Å². The summed E-state index contributed by atoms with van der Waals surface area (Å²) in [7, 11) is -2.80. The monoisotopic (exact) mass is 1320 g/mol. The third kappa shape index (κ3) is 9.48. The van der Waals surface area contributed by atoms with Gasteiger partial charge in [0.1, 0.15) is 11.2 Å². The first-order valence-corrected chi connectivity index (χ1v) is 38.0. The molecular formula is C97H70N2O2Si. The number of nitrogens with zero attached hydrogens (tertiary/aromatic N) is 2. The van der Waals surface area contributed by atoms with Crippen LogP contribution >= 0.6 is 0 Å². The molecule has 4 nitrogen and oxygen atoms in total. The molecule has 16 aromatic carbocycles. The van der Waals surface area contributed by atoms with E-state index in [1.54, 1.807) is 0 Å². The first-order chi connectivity index (χ1) is 50.4. The van der Waals surface area contributed by atoms with Crippen LogP contribution in [0.5, 0.6) is 0 Å². The van der Waals surface area contributed by atoms with Gasteiger partial charge in [-0.25, -0.2) is 0 Å². The Morgan fingerprint density at radius 1 is 0.294 bits per heavy atom. The van der Waals surface area contributed by atoms with Crippen molar-refractivity contribution < 1.29 is 8.83 Å². The van der Waals surface area contributed by atoms with E-state index in [0.717, 1.165) is 109 Å². The lowest BCUT2D eigenvalue weighted by molar-refractivity contribution is 0.353. The van der Waals surface area contributed by atoms with Crippen LogP contribution in [0.4, 0.5) is 34.1 Å². The smallest absolute Gasteiger partial charge is 0.179 e. The van der Waals surface area contributed by atoms with Crippen molar-refractivity contribution in [2.24, 2.45) is 0 Å². The van der Waals surface area contributed by atoms with Gasteiger partial charge in [0.2, 0.25) is 0 Å². The highest BCUT2D eigenvalue weighted by Gasteiger charge is 2.46. The molecule has 1 spiro atoms. The van der Waals surface area contributed by atoms with Gasteiger partial charge < -0.3 is 18.6 Å². The number of rotatable bonds is 12. The molecule has 0 saturated heterocycles. The van der Waals surface area contributed by atoms with E-state index in [0.29, 0.717) is 0 Å². The van der Waals surface area contributed by atoms with Crippen molar-refractivity contribution >= 4 is 139 Å². The van der Waals surface area contributed by atoms with Crippen LogP contribution in [-0.2, 0) is 5.41 Å². The average molecular weight is 1320 g/mol. The molecule has 0 unspecified atom stereocenters. The Labute approximate surface area is 594 Å². The summed E-state index contributed by atoms with van der Waals surface area (Å²) in [4.78, 5) is 4.99. The Morgan fingerprint density at radius 2 is 0.755 bits per heavy atom. The quantitative estimate of drug-likeness (QED) is 0.0901. The molecule has 0 N–H and O–H groups in total.